The number of aryl methyl sites for hydroxylation is 1. The molecule has 6 rings (SSSR count). The van der Waals surface area contributed by atoms with Crippen molar-refractivity contribution in [2.75, 3.05) is 6.54 Å². The highest BCUT2D eigenvalue weighted by molar-refractivity contribution is 6.06. The van der Waals surface area contributed by atoms with Crippen LogP contribution in [0.3, 0.4) is 0 Å². The number of Topliss-reactive ketones (excluding diaryl/α,β-unsaturated/α-hetero) is 1. The molecule has 41 heavy (non-hydrogen) atoms. The van der Waals surface area contributed by atoms with Crippen molar-refractivity contribution in [2.45, 2.75) is 45.3 Å². The Morgan fingerprint density at radius 2 is 1.80 bits per heavy atom. The number of aromatic nitrogens is 4. The maximum Gasteiger partial charge on any atom is 0.245 e. The maximum atomic E-state index is 14.5. The summed E-state index contributed by atoms with van der Waals surface area (Å²) in [7, 11) is 0. The minimum absolute atomic E-state index is 0.00907. The number of hydrogen-bond donors (Lipinski definition) is 1. The van der Waals surface area contributed by atoms with Crippen molar-refractivity contribution < 1.29 is 18.8 Å². The molecule has 2 aromatic carbocycles. The molecule has 2 amide bonds. The summed E-state index contributed by atoms with van der Waals surface area (Å²) in [5.74, 6) is -0.397. The molecule has 208 valence electrons. The predicted molar refractivity (Wildman–Crippen MR) is 151 cm³/mol. The van der Waals surface area contributed by atoms with Gasteiger partial charge in [-0.05, 0) is 55.0 Å². The summed E-state index contributed by atoms with van der Waals surface area (Å²) < 4.78 is 16.0. The van der Waals surface area contributed by atoms with Crippen molar-refractivity contribution in [1.29, 1.82) is 0 Å². The van der Waals surface area contributed by atoms with Gasteiger partial charge in [-0.1, -0.05) is 36.4 Å². The molecule has 2 aliphatic rings. The first-order chi connectivity index (χ1) is 19.8. The average Bonchev–Trinajstić information content (AvgIpc) is 3.47. The number of piperidine rings is 1. The van der Waals surface area contributed by atoms with Gasteiger partial charge in [0, 0.05) is 36.3 Å². The van der Waals surface area contributed by atoms with Gasteiger partial charge in [-0.15, -0.1) is 0 Å². The molecule has 10 heteroatoms. The summed E-state index contributed by atoms with van der Waals surface area (Å²) in [5.41, 5.74) is 3.24. The second-order valence-corrected chi connectivity index (χ2v) is 10.6. The molecule has 9 nitrogen and oxygen atoms in total. The van der Waals surface area contributed by atoms with Crippen LogP contribution in [-0.4, -0.2) is 60.9 Å². The third-order valence-corrected chi connectivity index (χ3v) is 7.73. The van der Waals surface area contributed by atoms with E-state index in [-0.39, 0.29) is 48.3 Å². The molecule has 1 saturated heterocycles. The van der Waals surface area contributed by atoms with Crippen LogP contribution in [0.4, 0.5) is 4.39 Å². The van der Waals surface area contributed by atoms with Gasteiger partial charge in [0.1, 0.15) is 29.9 Å². The molecule has 3 heterocycles. The Labute approximate surface area is 236 Å². The van der Waals surface area contributed by atoms with Crippen molar-refractivity contribution >= 4 is 34.6 Å². The number of rotatable bonds is 8. The first-order valence-corrected chi connectivity index (χ1v) is 13.6. The third kappa shape index (κ3) is 5.37. The second kappa shape index (κ2) is 10.7. The highest BCUT2D eigenvalue weighted by atomic mass is 19.1. The molecule has 1 N–H and O–H groups in total. The summed E-state index contributed by atoms with van der Waals surface area (Å²) in [5, 5.41) is 7.77. The smallest absolute Gasteiger partial charge is 0.245 e. The summed E-state index contributed by atoms with van der Waals surface area (Å²) in [6.45, 7) is 2.88. The normalized spacial score (nSPS) is 19.7. The van der Waals surface area contributed by atoms with Gasteiger partial charge in [0.25, 0.3) is 0 Å². The molecule has 4 aromatic rings. The van der Waals surface area contributed by atoms with E-state index in [1.54, 1.807) is 29.4 Å². The number of fused-ring (bicyclic) bond motifs is 2. The van der Waals surface area contributed by atoms with Crippen LogP contribution in [0.1, 0.15) is 41.6 Å². The zero-order valence-electron chi connectivity index (χ0n) is 22.8. The van der Waals surface area contributed by atoms with Crippen molar-refractivity contribution in [1.82, 2.24) is 30.0 Å². The fourth-order valence-corrected chi connectivity index (χ4v) is 5.61. The quantitative estimate of drug-likeness (QED) is 0.330. The third-order valence-electron chi connectivity index (χ3n) is 7.73. The lowest BCUT2D eigenvalue weighted by Gasteiger charge is -2.27. The van der Waals surface area contributed by atoms with Crippen LogP contribution in [0, 0.1) is 12.8 Å². The van der Waals surface area contributed by atoms with Crippen LogP contribution in [0.15, 0.2) is 66.8 Å². The van der Waals surface area contributed by atoms with Gasteiger partial charge in [-0.2, -0.15) is 5.10 Å². The number of nitrogens with one attached hydrogen (secondary N) is 1. The first kappa shape index (κ1) is 26.5. The van der Waals surface area contributed by atoms with Crippen LogP contribution in [0.5, 0.6) is 0 Å². The fraction of sp³-hybridized carbons (Fsp3) is 0.290. The summed E-state index contributed by atoms with van der Waals surface area (Å²) in [6, 6.07) is 13.9. The van der Waals surface area contributed by atoms with Crippen LogP contribution < -0.4 is 5.32 Å². The molecule has 1 aliphatic carbocycles. The lowest BCUT2D eigenvalue weighted by Crippen LogP contribution is -2.49. The van der Waals surface area contributed by atoms with Crippen molar-refractivity contribution in [2.24, 2.45) is 5.92 Å². The fourth-order valence-electron chi connectivity index (χ4n) is 5.61. The summed E-state index contributed by atoms with van der Waals surface area (Å²) >= 11 is 0. The van der Waals surface area contributed by atoms with E-state index in [1.807, 2.05) is 43.3 Å². The molecular formula is C31H29FN6O3. The SMILES string of the molecule is CC(=O)c1nn(CC(=O)N2C3C[C@@H]3C[C@H]2C(=O)NC/C(F)=C\c2ccccc2)c2ccc(-c3cnc(C)nc3)cc12. The molecule has 2 aromatic heterocycles. The van der Waals surface area contributed by atoms with Crippen LogP contribution in [0.2, 0.25) is 0 Å². The van der Waals surface area contributed by atoms with E-state index in [9.17, 15) is 18.8 Å². The molecule has 1 saturated carbocycles. The number of carbonyl (C=O) groups excluding carboxylic acids is 3. The number of ketones is 1. The Hall–Kier alpha value is -4.73. The Morgan fingerprint density at radius 3 is 2.54 bits per heavy atom. The van der Waals surface area contributed by atoms with Gasteiger partial charge >= 0.3 is 0 Å². The standard InChI is InChI=1S/C31H29FN6O3/c1-18(39)30-25-11-21(23-14-33-19(2)34-15-23)8-9-26(25)37(36-30)17-29(40)38-27-12-22(27)13-28(38)31(41)35-16-24(32)10-20-6-4-3-5-7-20/h3-11,14-15,22,27-28H,12-13,16-17H2,1-2H3,(H,35,41)/b24-10+/t22-,27?,28+/m1/s1. The van der Waals surface area contributed by atoms with Crippen molar-refractivity contribution in [3.05, 3.63) is 83.8 Å². The van der Waals surface area contributed by atoms with E-state index in [4.69, 9.17) is 0 Å². The van der Waals surface area contributed by atoms with Gasteiger partial charge in [-0.3, -0.25) is 19.1 Å². The number of carbonyl (C=O) groups is 3. The van der Waals surface area contributed by atoms with Crippen molar-refractivity contribution in [3.8, 4) is 11.1 Å². The minimum Gasteiger partial charge on any atom is -0.348 e. The van der Waals surface area contributed by atoms with Gasteiger partial charge < -0.3 is 10.2 Å². The molecule has 1 unspecified atom stereocenters. The molecule has 2 fully saturated rings. The summed E-state index contributed by atoms with van der Waals surface area (Å²) in [6.07, 6.45) is 6.21. The Bertz CT molecular complexity index is 1680. The van der Waals surface area contributed by atoms with Crippen LogP contribution in [0.25, 0.3) is 28.1 Å². The number of hydrogen-bond acceptors (Lipinski definition) is 6. The van der Waals surface area contributed by atoms with E-state index in [0.29, 0.717) is 28.7 Å². The number of likely N-dealkylation sites (tertiary alicyclic amines) is 1. The molecule has 1 aliphatic heterocycles. The topological polar surface area (TPSA) is 110 Å². The minimum atomic E-state index is -0.669. The van der Waals surface area contributed by atoms with Gasteiger partial charge in [0.2, 0.25) is 11.8 Å². The maximum absolute atomic E-state index is 14.5. The summed E-state index contributed by atoms with van der Waals surface area (Å²) in [4.78, 5) is 49.2. The first-order valence-electron chi connectivity index (χ1n) is 13.6. The van der Waals surface area contributed by atoms with Gasteiger partial charge in [0.15, 0.2) is 5.78 Å². The molecule has 0 spiro atoms. The lowest BCUT2D eigenvalue weighted by molar-refractivity contribution is -0.140. The highest BCUT2D eigenvalue weighted by Crippen LogP contribution is 2.48. The van der Waals surface area contributed by atoms with E-state index in [1.165, 1.54) is 17.7 Å². The Morgan fingerprint density at radius 1 is 1.05 bits per heavy atom. The Kier molecular flexibility index (Phi) is 6.90. The molecular weight excluding hydrogens is 523 g/mol. The monoisotopic (exact) mass is 552 g/mol. The molecule has 0 bridgehead atoms. The van der Waals surface area contributed by atoms with E-state index in [2.05, 4.69) is 20.4 Å². The van der Waals surface area contributed by atoms with E-state index >= 15 is 0 Å². The van der Waals surface area contributed by atoms with Crippen molar-refractivity contribution in [3.63, 3.8) is 0 Å². The van der Waals surface area contributed by atoms with E-state index in [0.717, 1.165) is 17.5 Å². The number of benzene rings is 2. The average molecular weight is 553 g/mol. The zero-order chi connectivity index (χ0) is 28.7. The number of halogens is 1. The van der Waals surface area contributed by atoms with Gasteiger partial charge in [0.05, 0.1) is 12.1 Å². The Balaban J connectivity index is 1.20. The van der Waals surface area contributed by atoms with Crippen LogP contribution >= 0.6 is 0 Å². The highest BCUT2D eigenvalue weighted by Gasteiger charge is 2.56. The predicted octanol–water partition coefficient (Wildman–Crippen LogP) is 4.12. The van der Waals surface area contributed by atoms with Crippen LogP contribution in [-0.2, 0) is 16.1 Å². The van der Waals surface area contributed by atoms with E-state index < -0.39 is 11.9 Å². The van der Waals surface area contributed by atoms with Gasteiger partial charge in [-0.25, -0.2) is 14.4 Å². The lowest BCUT2D eigenvalue weighted by atomic mass is 10.0. The second-order valence-electron chi connectivity index (χ2n) is 10.6. The number of amides is 2. The zero-order valence-corrected chi connectivity index (χ0v) is 22.8. The molecule has 0 radical (unpaired) electrons. The largest absolute Gasteiger partial charge is 0.348 e. The number of nitrogens with zero attached hydrogens (tertiary/aromatic N) is 5. The molecule has 3 atom stereocenters.